The predicted octanol–water partition coefficient (Wildman–Crippen LogP) is 4.22. The highest BCUT2D eigenvalue weighted by Gasteiger charge is 2.41. The highest BCUT2D eigenvalue weighted by molar-refractivity contribution is 7.99. The van der Waals surface area contributed by atoms with Crippen LogP contribution in [0.5, 0.6) is 0 Å². The molecule has 0 amide bonds. The van der Waals surface area contributed by atoms with Gasteiger partial charge in [-0.3, -0.25) is 0 Å². The fraction of sp³-hybridized carbons (Fsp3) is 1.00. The molecule has 2 saturated heterocycles. The zero-order chi connectivity index (χ0) is 14.4. The minimum absolute atomic E-state index is 0.189. The van der Waals surface area contributed by atoms with Gasteiger partial charge in [-0.05, 0) is 61.9 Å². The molecule has 2 rings (SSSR count). The lowest BCUT2D eigenvalue weighted by molar-refractivity contribution is -0.108. The van der Waals surface area contributed by atoms with Gasteiger partial charge in [0.05, 0.1) is 5.60 Å². The van der Waals surface area contributed by atoms with Crippen LogP contribution >= 0.6 is 11.8 Å². The highest BCUT2D eigenvalue weighted by atomic mass is 32.2. The fourth-order valence-corrected chi connectivity index (χ4v) is 5.38. The van der Waals surface area contributed by atoms with Gasteiger partial charge >= 0.3 is 0 Å². The van der Waals surface area contributed by atoms with Gasteiger partial charge < -0.3 is 10.5 Å². The molecule has 2 nitrogen and oxygen atoms in total. The van der Waals surface area contributed by atoms with E-state index in [1.165, 1.54) is 62.9 Å². The lowest BCUT2D eigenvalue weighted by Gasteiger charge is -2.46. The Kier molecular flexibility index (Phi) is 6.70. The molecule has 2 aliphatic rings. The van der Waals surface area contributed by atoms with Gasteiger partial charge in [-0.15, -0.1) is 0 Å². The first-order valence-electron chi connectivity index (χ1n) is 8.68. The molecule has 0 aromatic heterocycles. The molecule has 2 atom stereocenters. The lowest BCUT2D eigenvalue weighted by Crippen LogP contribution is -2.49. The molecular formula is C17H33NOS. The Morgan fingerprint density at radius 1 is 1.20 bits per heavy atom. The number of thioether (sulfide) groups is 1. The van der Waals surface area contributed by atoms with Crippen LogP contribution in [0.15, 0.2) is 0 Å². The Labute approximate surface area is 129 Å². The van der Waals surface area contributed by atoms with Crippen LogP contribution in [0.1, 0.15) is 65.2 Å². The number of rotatable bonds is 6. The van der Waals surface area contributed by atoms with Gasteiger partial charge in [-0.1, -0.05) is 26.7 Å². The maximum atomic E-state index is 6.69. The molecular weight excluding hydrogens is 266 g/mol. The van der Waals surface area contributed by atoms with Gasteiger partial charge in [0, 0.05) is 12.6 Å². The van der Waals surface area contributed by atoms with E-state index in [-0.39, 0.29) is 5.60 Å². The van der Waals surface area contributed by atoms with Crippen molar-refractivity contribution in [3.05, 3.63) is 0 Å². The summed E-state index contributed by atoms with van der Waals surface area (Å²) >= 11 is 2.08. The molecule has 2 heterocycles. The van der Waals surface area contributed by atoms with Gasteiger partial charge in [0.25, 0.3) is 0 Å². The molecule has 2 aliphatic heterocycles. The quantitative estimate of drug-likeness (QED) is 0.797. The summed E-state index contributed by atoms with van der Waals surface area (Å²) in [6, 6.07) is 0.394. The first kappa shape index (κ1) is 16.6. The standard InChI is InChI=1S/C17H33NOS/c1-3-5-14(6-4-2)16(18)15-7-10-19-17(13-15)8-11-20-12-9-17/h14-16H,3-13,18H2,1-2H3. The minimum atomic E-state index is 0.189. The van der Waals surface area contributed by atoms with Crippen molar-refractivity contribution < 1.29 is 4.74 Å². The molecule has 0 aromatic carbocycles. The van der Waals surface area contributed by atoms with Gasteiger partial charge in [0.1, 0.15) is 0 Å². The molecule has 3 heteroatoms. The van der Waals surface area contributed by atoms with Crippen molar-refractivity contribution in [3.8, 4) is 0 Å². The molecule has 0 aliphatic carbocycles. The van der Waals surface area contributed by atoms with Crippen molar-refractivity contribution in [2.45, 2.75) is 76.9 Å². The Bertz CT molecular complexity index is 267. The van der Waals surface area contributed by atoms with Crippen LogP contribution in [0.4, 0.5) is 0 Å². The smallest absolute Gasteiger partial charge is 0.0701 e. The Morgan fingerprint density at radius 2 is 1.85 bits per heavy atom. The summed E-state index contributed by atoms with van der Waals surface area (Å²) in [5.41, 5.74) is 6.88. The third kappa shape index (κ3) is 4.14. The SMILES string of the molecule is CCCC(CCC)C(N)C1CCOC2(CCSCC2)C1. The van der Waals surface area contributed by atoms with E-state index in [1.54, 1.807) is 0 Å². The van der Waals surface area contributed by atoms with E-state index in [2.05, 4.69) is 25.6 Å². The second-order valence-electron chi connectivity index (χ2n) is 6.81. The van der Waals surface area contributed by atoms with Gasteiger partial charge in [-0.25, -0.2) is 0 Å². The Hall–Kier alpha value is 0.270. The van der Waals surface area contributed by atoms with Crippen LogP contribution in [0.25, 0.3) is 0 Å². The monoisotopic (exact) mass is 299 g/mol. The van der Waals surface area contributed by atoms with Crippen LogP contribution in [0.2, 0.25) is 0 Å². The van der Waals surface area contributed by atoms with Crippen LogP contribution in [-0.4, -0.2) is 29.8 Å². The van der Waals surface area contributed by atoms with E-state index in [0.717, 1.165) is 12.5 Å². The maximum Gasteiger partial charge on any atom is 0.0701 e. The molecule has 20 heavy (non-hydrogen) atoms. The zero-order valence-electron chi connectivity index (χ0n) is 13.4. The van der Waals surface area contributed by atoms with Crippen LogP contribution < -0.4 is 5.73 Å². The van der Waals surface area contributed by atoms with Crippen molar-refractivity contribution in [2.75, 3.05) is 18.1 Å². The third-order valence-corrected chi connectivity index (χ3v) is 6.33. The summed E-state index contributed by atoms with van der Waals surface area (Å²) in [5.74, 6) is 3.96. The average molecular weight is 300 g/mol. The number of hydrogen-bond donors (Lipinski definition) is 1. The topological polar surface area (TPSA) is 35.2 Å². The first-order chi connectivity index (χ1) is 9.71. The predicted molar refractivity (Wildman–Crippen MR) is 89.2 cm³/mol. The minimum Gasteiger partial charge on any atom is -0.375 e. The fourth-order valence-electron chi connectivity index (χ4n) is 4.14. The molecule has 118 valence electrons. The molecule has 1 spiro atoms. The summed E-state index contributed by atoms with van der Waals surface area (Å²) in [5, 5.41) is 0. The summed E-state index contributed by atoms with van der Waals surface area (Å²) in [7, 11) is 0. The van der Waals surface area contributed by atoms with E-state index < -0.39 is 0 Å². The number of nitrogens with two attached hydrogens (primary N) is 1. The van der Waals surface area contributed by atoms with E-state index in [4.69, 9.17) is 10.5 Å². The van der Waals surface area contributed by atoms with E-state index in [9.17, 15) is 0 Å². The van der Waals surface area contributed by atoms with E-state index >= 15 is 0 Å². The van der Waals surface area contributed by atoms with Crippen molar-refractivity contribution in [1.29, 1.82) is 0 Å². The molecule has 2 N–H and O–H groups in total. The van der Waals surface area contributed by atoms with Crippen molar-refractivity contribution in [2.24, 2.45) is 17.6 Å². The normalized spacial score (nSPS) is 27.9. The van der Waals surface area contributed by atoms with Crippen molar-refractivity contribution >= 4 is 11.8 Å². The Morgan fingerprint density at radius 3 is 2.45 bits per heavy atom. The largest absolute Gasteiger partial charge is 0.375 e. The molecule has 0 radical (unpaired) electrons. The number of ether oxygens (including phenoxy) is 1. The summed E-state index contributed by atoms with van der Waals surface area (Å²) in [6.07, 6.45) is 10.0. The van der Waals surface area contributed by atoms with Gasteiger partial charge in [-0.2, -0.15) is 11.8 Å². The second-order valence-corrected chi connectivity index (χ2v) is 8.04. The molecule has 0 bridgehead atoms. The average Bonchev–Trinajstić information content (AvgIpc) is 2.47. The molecule has 2 unspecified atom stereocenters. The maximum absolute atomic E-state index is 6.69. The lowest BCUT2D eigenvalue weighted by atomic mass is 9.74. The van der Waals surface area contributed by atoms with Crippen LogP contribution in [0.3, 0.4) is 0 Å². The number of hydrogen-bond acceptors (Lipinski definition) is 3. The second kappa shape index (κ2) is 8.05. The Balaban J connectivity index is 1.95. The van der Waals surface area contributed by atoms with Crippen molar-refractivity contribution in [3.63, 3.8) is 0 Å². The van der Waals surface area contributed by atoms with Crippen LogP contribution in [0, 0.1) is 11.8 Å². The third-order valence-electron chi connectivity index (χ3n) is 5.34. The van der Waals surface area contributed by atoms with Crippen LogP contribution in [-0.2, 0) is 4.74 Å². The summed E-state index contributed by atoms with van der Waals surface area (Å²) < 4.78 is 6.22. The summed E-state index contributed by atoms with van der Waals surface area (Å²) in [6.45, 7) is 5.52. The molecule has 2 fully saturated rings. The zero-order valence-corrected chi connectivity index (χ0v) is 14.2. The molecule has 0 aromatic rings. The van der Waals surface area contributed by atoms with E-state index in [1.807, 2.05) is 0 Å². The molecule has 0 saturated carbocycles. The van der Waals surface area contributed by atoms with E-state index in [0.29, 0.717) is 12.0 Å². The van der Waals surface area contributed by atoms with Crippen molar-refractivity contribution in [1.82, 2.24) is 0 Å². The van der Waals surface area contributed by atoms with Gasteiger partial charge in [0.15, 0.2) is 0 Å². The van der Waals surface area contributed by atoms with Gasteiger partial charge in [0.2, 0.25) is 0 Å². The summed E-state index contributed by atoms with van der Waals surface area (Å²) in [4.78, 5) is 0. The highest BCUT2D eigenvalue weighted by Crippen LogP contribution is 2.41. The first-order valence-corrected chi connectivity index (χ1v) is 9.83.